The number of likely N-dealkylation sites (tertiary alicyclic amines) is 1. The van der Waals surface area contributed by atoms with Crippen molar-refractivity contribution < 1.29 is 4.79 Å². The zero-order valence-electron chi connectivity index (χ0n) is 16.5. The van der Waals surface area contributed by atoms with Gasteiger partial charge in [0.25, 0.3) is 5.91 Å². The first-order valence-electron chi connectivity index (χ1n) is 10.8. The summed E-state index contributed by atoms with van der Waals surface area (Å²) in [6, 6.07) is 2.31. The van der Waals surface area contributed by atoms with E-state index in [2.05, 4.69) is 29.9 Å². The lowest BCUT2D eigenvalue weighted by Crippen LogP contribution is -2.44. The molecule has 1 saturated heterocycles. The Morgan fingerprint density at radius 2 is 1.89 bits per heavy atom. The summed E-state index contributed by atoms with van der Waals surface area (Å²) >= 11 is 0. The molecule has 3 fully saturated rings. The van der Waals surface area contributed by atoms with Gasteiger partial charge < -0.3 is 4.90 Å². The SMILES string of the molecule is CC(C)n1ncc2c(C(=O)N3CCC4CCCCC4C3)cc(C3CC3)nc21. The maximum absolute atomic E-state index is 13.5. The monoisotopic (exact) mass is 366 g/mol. The van der Waals surface area contributed by atoms with E-state index in [1.54, 1.807) is 0 Å². The fourth-order valence-corrected chi connectivity index (χ4v) is 5.14. The Morgan fingerprint density at radius 3 is 2.63 bits per heavy atom. The molecular formula is C22H30N4O. The van der Waals surface area contributed by atoms with Gasteiger partial charge in [-0.15, -0.1) is 0 Å². The first kappa shape index (κ1) is 17.2. The van der Waals surface area contributed by atoms with Crippen molar-refractivity contribution in [3.63, 3.8) is 0 Å². The molecule has 2 aromatic rings. The second-order valence-electron chi connectivity index (χ2n) is 9.13. The lowest BCUT2D eigenvalue weighted by Gasteiger charge is -2.41. The molecule has 2 unspecified atom stereocenters. The lowest BCUT2D eigenvalue weighted by molar-refractivity contribution is 0.0522. The highest BCUT2D eigenvalue weighted by Gasteiger charge is 2.35. The Hall–Kier alpha value is -1.91. The van der Waals surface area contributed by atoms with Crippen molar-refractivity contribution in [3.8, 4) is 0 Å². The number of hydrogen-bond donors (Lipinski definition) is 0. The van der Waals surface area contributed by atoms with Crippen LogP contribution < -0.4 is 0 Å². The Bertz CT molecular complexity index is 867. The molecule has 0 radical (unpaired) electrons. The van der Waals surface area contributed by atoms with E-state index in [0.717, 1.165) is 41.3 Å². The number of fused-ring (bicyclic) bond motifs is 2. The number of nitrogens with zero attached hydrogens (tertiary/aromatic N) is 4. The van der Waals surface area contributed by atoms with Crippen molar-refractivity contribution in [2.45, 2.75) is 70.8 Å². The second-order valence-corrected chi connectivity index (χ2v) is 9.13. The van der Waals surface area contributed by atoms with Gasteiger partial charge in [0, 0.05) is 30.7 Å². The first-order valence-corrected chi connectivity index (χ1v) is 10.8. The summed E-state index contributed by atoms with van der Waals surface area (Å²) in [4.78, 5) is 20.5. The average molecular weight is 367 g/mol. The summed E-state index contributed by atoms with van der Waals surface area (Å²) < 4.78 is 1.96. The fourth-order valence-electron chi connectivity index (χ4n) is 5.14. The van der Waals surface area contributed by atoms with E-state index in [0.29, 0.717) is 11.8 Å². The Kier molecular flexibility index (Phi) is 4.21. The Morgan fingerprint density at radius 1 is 1.11 bits per heavy atom. The van der Waals surface area contributed by atoms with Crippen LogP contribution in [0.15, 0.2) is 12.3 Å². The van der Waals surface area contributed by atoms with E-state index in [9.17, 15) is 4.79 Å². The van der Waals surface area contributed by atoms with Crippen LogP contribution in [0.2, 0.25) is 0 Å². The molecule has 0 aromatic carbocycles. The van der Waals surface area contributed by atoms with Crippen LogP contribution in [0.5, 0.6) is 0 Å². The summed E-state index contributed by atoms with van der Waals surface area (Å²) in [7, 11) is 0. The third-order valence-electron chi connectivity index (χ3n) is 6.88. The number of rotatable bonds is 3. The molecule has 144 valence electrons. The minimum Gasteiger partial charge on any atom is -0.338 e. The van der Waals surface area contributed by atoms with Gasteiger partial charge in [-0.3, -0.25) is 4.79 Å². The minimum atomic E-state index is 0.191. The van der Waals surface area contributed by atoms with E-state index in [-0.39, 0.29) is 11.9 Å². The van der Waals surface area contributed by atoms with Crippen molar-refractivity contribution in [1.29, 1.82) is 0 Å². The van der Waals surface area contributed by atoms with Crippen molar-refractivity contribution in [2.24, 2.45) is 11.8 Å². The van der Waals surface area contributed by atoms with Crippen LogP contribution in [0.25, 0.3) is 11.0 Å². The Labute approximate surface area is 161 Å². The van der Waals surface area contributed by atoms with Crippen LogP contribution in [-0.2, 0) is 0 Å². The third kappa shape index (κ3) is 3.05. The van der Waals surface area contributed by atoms with Crippen LogP contribution in [0, 0.1) is 11.8 Å². The average Bonchev–Trinajstić information content (AvgIpc) is 3.45. The van der Waals surface area contributed by atoms with E-state index in [4.69, 9.17) is 4.98 Å². The highest BCUT2D eigenvalue weighted by Crippen LogP contribution is 2.41. The van der Waals surface area contributed by atoms with Gasteiger partial charge in [-0.05, 0) is 57.4 Å². The van der Waals surface area contributed by atoms with Gasteiger partial charge in [-0.25, -0.2) is 9.67 Å². The maximum Gasteiger partial charge on any atom is 0.254 e. The topological polar surface area (TPSA) is 51.0 Å². The van der Waals surface area contributed by atoms with Crippen LogP contribution in [0.3, 0.4) is 0 Å². The van der Waals surface area contributed by atoms with Crippen LogP contribution in [-0.4, -0.2) is 38.7 Å². The van der Waals surface area contributed by atoms with Gasteiger partial charge in [0.2, 0.25) is 0 Å². The van der Waals surface area contributed by atoms with Gasteiger partial charge in [0.15, 0.2) is 5.65 Å². The molecule has 3 heterocycles. The molecule has 1 amide bonds. The molecule has 2 aliphatic carbocycles. The van der Waals surface area contributed by atoms with Crippen molar-refractivity contribution in [2.75, 3.05) is 13.1 Å². The molecule has 0 spiro atoms. The second kappa shape index (κ2) is 6.61. The highest BCUT2D eigenvalue weighted by molar-refractivity contribution is 6.05. The summed E-state index contributed by atoms with van der Waals surface area (Å²) in [6.45, 7) is 6.08. The number of aromatic nitrogens is 3. The number of piperidine rings is 1. The maximum atomic E-state index is 13.5. The zero-order valence-corrected chi connectivity index (χ0v) is 16.5. The lowest BCUT2D eigenvalue weighted by atomic mass is 9.75. The van der Waals surface area contributed by atoms with Crippen molar-refractivity contribution in [3.05, 3.63) is 23.5 Å². The molecule has 2 saturated carbocycles. The number of carbonyl (C=O) groups is 1. The van der Waals surface area contributed by atoms with Gasteiger partial charge >= 0.3 is 0 Å². The molecule has 1 aliphatic heterocycles. The predicted molar refractivity (Wildman–Crippen MR) is 106 cm³/mol. The van der Waals surface area contributed by atoms with E-state index in [1.807, 2.05) is 10.9 Å². The molecule has 3 aliphatic rings. The predicted octanol–water partition coefficient (Wildman–Crippen LogP) is 4.54. The highest BCUT2D eigenvalue weighted by atomic mass is 16.2. The molecule has 5 nitrogen and oxygen atoms in total. The first-order chi connectivity index (χ1) is 13.1. The number of carbonyl (C=O) groups excluding carboxylic acids is 1. The molecule has 2 atom stereocenters. The summed E-state index contributed by atoms with van der Waals surface area (Å²) in [5.74, 6) is 2.26. The number of amides is 1. The molecule has 5 heteroatoms. The Balaban J connectivity index is 1.50. The van der Waals surface area contributed by atoms with E-state index < -0.39 is 0 Å². The quantitative estimate of drug-likeness (QED) is 0.801. The largest absolute Gasteiger partial charge is 0.338 e. The summed E-state index contributed by atoms with van der Waals surface area (Å²) in [5, 5.41) is 5.47. The van der Waals surface area contributed by atoms with Gasteiger partial charge in [-0.1, -0.05) is 19.3 Å². The van der Waals surface area contributed by atoms with E-state index in [1.165, 1.54) is 44.9 Å². The smallest absolute Gasteiger partial charge is 0.254 e. The van der Waals surface area contributed by atoms with Gasteiger partial charge in [-0.2, -0.15) is 5.10 Å². The molecule has 5 rings (SSSR count). The standard InChI is InChI=1S/C22H30N4O/c1-14(2)26-21-19(12-23-26)18(11-20(24-21)16-7-8-16)22(27)25-10-9-15-5-3-4-6-17(15)13-25/h11-12,14-17H,3-10,13H2,1-2H3. The minimum absolute atomic E-state index is 0.191. The van der Waals surface area contributed by atoms with Gasteiger partial charge in [0.05, 0.1) is 17.1 Å². The van der Waals surface area contributed by atoms with Gasteiger partial charge in [0.1, 0.15) is 0 Å². The summed E-state index contributed by atoms with van der Waals surface area (Å²) in [5.41, 5.74) is 2.79. The molecule has 0 bridgehead atoms. The van der Waals surface area contributed by atoms with E-state index >= 15 is 0 Å². The van der Waals surface area contributed by atoms with Crippen LogP contribution in [0.4, 0.5) is 0 Å². The van der Waals surface area contributed by atoms with Crippen molar-refractivity contribution >= 4 is 16.9 Å². The molecule has 0 N–H and O–H groups in total. The zero-order chi connectivity index (χ0) is 18.5. The molecule has 27 heavy (non-hydrogen) atoms. The normalized spacial score (nSPS) is 25.8. The third-order valence-corrected chi connectivity index (χ3v) is 6.88. The van der Waals surface area contributed by atoms with Crippen LogP contribution in [0.1, 0.15) is 86.8 Å². The van der Waals surface area contributed by atoms with Crippen LogP contribution >= 0.6 is 0 Å². The number of pyridine rings is 1. The summed E-state index contributed by atoms with van der Waals surface area (Å²) in [6.07, 6.45) is 10.8. The number of hydrogen-bond acceptors (Lipinski definition) is 3. The molecular weight excluding hydrogens is 336 g/mol. The fraction of sp³-hybridized carbons (Fsp3) is 0.682. The van der Waals surface area contributed by atoms with Crippen molar-refractivity contribution in [1.82, 2.24) is 19.7 Å². The molecule has 2 aromatic heterocycles.